The monoisotopic (exact) mass is 359 g/mol. The third kappa shape index (κ3) is 3.77. The molecule has 0 unspecified atom stereocenters. The van der Waals surface area contributed by atoms with Crippen LogP contribution in [0.3, 0.4) is 0 Å². The predicted molar refractivity (Wildman–Crippen MR) is 97.7 cm³/mol. The number of nitrogens with zero attached hydrogens (tertiary/aromatic N) is 4. The van der Waals surface area contributed by atoms with Crippen LogP contribution in [0.2, 0.25) is 0 Å². The second kappa shape index (κ2) is 7.25. The number of rotatable bonds is 6. The molecule has 1 saturated carbocycles. The van der Waals surface area contributed by atoms with E-state index in [-0.39, 0.29) is 5.91 Å². The van der Waals surface area contributed by atoms with Gasteiger partial charge >= 0.3 is 0 Å². The van der Waals surface area contributed by atoms with Crippen LogP contribution >= 0.6 is 11.3 Å². The first-order valence-corrected chi connectivity index (χ1v) is 10.0. The number of aryl methyl sites for hydroxylation is 1. The first kappa shape index (κ1) is 16.7. The van der Waals surface area contributed by atoms with E-state index in [0.29, 0.717) is 18.3 Å². The third-order valence-electron chi connectivity index (χ3n) is 5.31. The van der Waals surface area contributed by atoms with Crippen LogP contribution in [-0.4, -0.2) is 45.2 Å². The van der Waals surface area contributed by atoms with Crippen LogP contribution in [-0.2, 0) is 6.54 Å². The number of carbonyl (C=O) groups is 1. The van der Waals surface area contributed by atoms with Crippen molar-refractivity contribution in [2.75, 3.05) is 19.6 Å². The summed E-state index contributed by atoms with van der Waals surface area (Å²) >= 11 is 1.51. The molecule has 0 radical (unpaired) electrons. The van der Waals surface area contributed by atoms with E-state index in [1.165, 1.54) is 42.8 Å². The molecule has 1 atom stereocenters. The number of fused-ring (bicyclic) bond motifs is 1. The van der Waals surface area contributed by atoms with Gasteiger partial charge in [0.1, 0.15) is 5.69 Å². The molecule has 0 spiro atoms. The zero-order valence-electron chi connectivity index (χ0n) is 14.6. The van der Waals surface area contributed by atoms with Crippen molar-refractivity contribution < 1.29 is 4.79 Å². The Labute approximate surface area is 152 Å². The number of hydrogen-bond acceptors (Lipinski definition) is 5. The van der Waals surface area contributed by atoms with E-state index in [2.05, 4.69) is 31.0 Å². The van der Waals surface area contributed by atoms with Gasteiger partial charge in [0, 0.05) is 37.8 Å². The van der Waals surface area contributed by atoms with Crippen LogP contribution in [0.25, 0.3) is 0 Å². The second-order valence-electron chi connectivity index (χ2n) is 7.21. The fourth-order valence-corrected chi connectivity index (χ4v) is 4.36. The van der Waals surface area contributed by atoms with Gasteiger partial charge in [0.05, 0.1) is 16.7 Å². The molecule has 1 fully saturated rings. The highest BCUT2D eigenvalue weighted by Crippen LogP contribution is 2.30. The Hall–Kier alpha value is -1.73. The molecule has 3 heterocycles. The Morgan fingerprint density at radius 3 is 3.04 bits per heavy atom. The van der Waals surface area contributed by atoms with Crippen molar-refractivity contribution in [2.45, 2.75) is 45.2 Å². The Morgan fingerprint density at radius 2 is 2.32 bits per heavy atom. The van der Waals surface area contributed by atoms with Gasteiger partial charge in [-0.2, -0.15) is 5.10 Å². The number of hydrogen-bond donors (Lipinski definition) is 1. The highest BCUT2D eigenvalue weighted by atomic mass is 32.1. The first-order valence-electron chi connectivity index (χ1n) is 9.14. The van der Waals surface area contributed by atoms with Gasteiger partial charge in [-0.1, -0.05) is 6.42 Å². The van der Waals surface area contributed by atoms with Gasteiger partial charge in [-0.3, -0.25) is 14.4 Å². The second-order valence-corrected chi connectivity index (χ2v) is 8.27. The van der Waals surface area contributed by atoms with Gasteiger partial charge in [-0.15, -0.1) is 11.3 Å². The fourth-order valence-electron chi connectivity index (χ4n) is 3.77. The molecule has 7 heteroatoms. The van der Waals surface area contributed by atoms with Gasteiger partial charge in [0.25, 0.3) is 5.91 Å². The molecule has 1 aliphatic heterocycles. The van der Waals surface area contributed by atoms with Gasteiger partial charge in [0.2, 0.25) is 0 Å². The van der Waals surface area contributed by atoms with Gasteiger partial charge in [0.15, 0.2) is 0 Å². The van der Waals surface area contributed by atoms with E-state index in [1.807, 2.05) is 18.5 Å². The molecule has 1 aliphatic carbocycles. The van der Waals surface area contributed by atoms with Crippen LogP contribution in [0.5, 0.6) is 0 Å². The summed E-state index contributed by atoms with van der Waals surface area (Å²) < 4.78 is 2.15. The van der Waals surface area contributed by atoms with Crippen LogP contribution in [0, 0.1) is 12.8 Å². The fraction of sp³-hybridized carbons (Fsp3) is 0.611. The third-order valence-corrected chi connectivity index (χ3v) is 6.08. The highest BCUT2D eigenvalue weighted by molar-refractivity contribution is 7.09. The maximum absolute atomic E-state index is 12.2. The van der Waals surface area contributed by atoms with E-state index in [1.54, 1.807) is 0 Å². The van der Waals surface area contributed by atoms with Crippen molar-refractivity contribution in [1.82, 2.24) is 25.0 Å². The molecular formula is C18H25N5OS. The first-order chi connectivity index (χ1) is 12.2. The van der Waals surface area contributed by atoms with Crippen molar-refractivity contribution in [3.8, 4) is 0 Å². The van der Waals surface area contributed by atoms with Crippen molar-refractivity contribution >= 4 is 17.2 Å². The van der Waals surface area contributed by atoms with Gasteiger partial charge < -0.3 is 5.32 Å². The minimum Gasteiger partial charge on any atom is -0.351 e. The van der Waals surface area contributed by atoms with E-state index >= 15 is 0 Å². The number of carbonyl (C=O) groups excluding carboxylic acids is 1. The SMILES string of the molecule is Cc1nc(C(=O)NCC[C@H]2CN(CC3CCC3)Cc3ccnn32)cs1. The van der Waals surface area contributed by atoms with Crippen molar-refractivity contribution in [2.24, 2.45) is 5.92 Å². The molecule has 0 bridgehead atoms. The molecule has 2 aliphatic rings. The standard InChI is InChI=1S/C18H25N5OS/c1-13-21-17(12-25-13)18(24)19-7-5-15-10-22(9-14-3-2-4-14)11-16-6-8-20-23(15)16/h6,8,12,14-15H,2-5,7,9-11H2,1H3,(H,19,24)/t15-/m0/s1. The van der Waals surface area contributed by atoms with Crippen LogP contribution in [0.1, 0.15) is 52.9 Å². The molecule has 0 aromatic carbocycles. The summed E-state index contributed by atoms with van der Waals surface area (Å²) in [6, 6.07) is 2.45. The quantitative estimate of drug-likeness (QED) is 0.861. The number of amides is 1. The molecule has 1 N–H and O–H groups in total. The lowest BCUT2D eigenvalue weighted by molar-refractivity contribution is 0.0937. The normalized spacial score (nSPS) is 20.9. The van der Waals surface area contributed by atoms with E-state index in [4.69, 9.17) is 0 Å². The molecule has 0 saturated heterocycles. The highest BCUT2D eigenvalue weighted by Gasteiger charge is 2.28. The maximum atomic E-state index is 12.2. The van der Waals surface area contributed by atoms with Crippen molar-refractivity contribution in [3.63, 3.8) is 0 Å². The molecule has 25 heavy (non-hydrogen) atoms. The lowest BCUT2D eigenvalue weighted by Gasteiger charge is -2.38. The maximum Gasteiger partial charge on any atom is 0.270 e. The van der Waals surface area contributed by atoms with Crippen molar-refractivity contribution in [1.29, 1.82) is 0 Å². The van der Waals surface area contributed by atoms with Crippen molar-refractivity contribution in [3.05, 3.63) is 34.0 Å². The summed E-state index contributed by atoms with van der Waals surface area (Å²) in [5, 5.41) is 10.3. The molecule has 2 aromatic heterocycles. The molecular weight excluding hydrogens is 334 g/mol. The summed E-state index contributed by atoms with van der Waals surface area (Å²) in [6.45, 7) is 5.79. The van der Waals surface area contributed by atoms with Crippen LogP contribution in [0.4, 0.5) is 0 Å². The minimum atomic E-state index is -0.0767. The largest absolute Gasteiger partial charge is 0.351 e. The summed E-state index contributed by atoms with van der Waals surface area (Å²) in [6.07, 6.45) is 6.94. The number of thiazole rings is 1. The smallest absolute Gasteiger partial charge is 0.270 e. The summed E-state index contributed by atoms with van der Waals surface area (Å²) in [5.74, 6) is 0.801. The molecule has 2 aromatic rings. The molecule has 4 rings (SSSR count). The summed E-state index contributed by atoms with van der Waals surface area (Å²) in [7, 11) is 0. The Kier molecular flexibility index (Phi) is 4.85. The minimum absolute atomic E-state index is 0.0767. The van der Waals surface area contributed by atoms with Crippen LogP contribution in [0.15, 0.2) is 17.6 Å². The number of aromatic nitrogens is 3. The van der Waals surface area contributed by atoms with E-state index in [0.717, 1.165) is 30.4 Å². The predicted octanol–water partition coefficient (Wildman–Crippen LogP) is 2.62. The molecule has 1 amide bonds. The summed E-state index contributed by atoms with van der Waals surface area (Å²) in [4.78, 5) is 19.0. The van der Waals surface area contributed by atoms with Gasteiger partial charge in [-0.25, -0.2) is 4.98 Å². The zero-order valence-corrected chi connectivity index (χ0v) is 15.5. The lowest BCUT2D eigenvalue weighted by atomic mass is 9.85. The zero-order chi connectivity index (χ0) is 17.2. The Morgan fingerprint density at radius 1 is 1.44 bits per heavy atom. The number of nitrogens with one attached hydrogen (secondary N) is 1. The average Bonchev–Trinajstić information content (AvgIpc) is 3.19. The Bertz CT molecular complexity index is 735. The van der Waals surface area contributed by atoms with E-state index < -0.39 is 0 Å². The van der Waals surface area contributed by atoms with E-state index in [9.17, 15) is 4.79 Å². The lowest BCUT2D eigenvalue weighted by Crippen LogP contribution is -2.42. The Balaban J connectivity index is 1.33. The molecule has 6 nitrogen and oxygen atoms in total. The van der Waals surface area contributed by atoms with Crippen LogP contribution < -0.4 is 5.32 Å². The molecule has 134 valence electrons. The van der Waals surface area contributed by atoms with Gasteiger partial charge in [-0.05, 0) is 38.2 Å². The summed E-state index contributed by atoms with van der Waals surface area (Å²) in [5.41, 5.74) is 1.81. The average molecular weight is 359 g/mol. The topological polar surface area (TPSA) is 63.1 Å².